The predicted octanol–water partition coefficient (Wildman–Crippen LogP) is 3.39. The molecule has 2 rings (SSSR count). The van der Waals surface area contributed by atoms with Crippen LogP contribution in [0.3, 0.4) is 0 Å². The highest BCUT2D eigenvalue weighted by atomic mass is 16.6. The zero-order chi connectivity index (χ0) is 19.3. The number of hydrogen-bond acceptors (Lipinski definition) is 4. The lowest BCUT2D eigenvalue weighted by Gasteiger charge is -2.27. The minimum atomic E-state index is -1.32. The van der Waals surface area contributed by atoms with Crippen LogP contribution in [0.15, 0.2) is 48.5 Å². The smallest absolute Gasteiger partial charge is 0.335 e. The van der Waals surface area contributed by atoms with E-state index < -0.39 is 22.5 Å². The molecule has 26 heavy (non-hydrogen) atoms. The molecule has 1 unspecified atom stereocenters. The van der Waals surface area contributed by atoms with Gasteiger partial charge in [-0.1, -0.05) is 37.3 Å². The summed E-state index contributed by atoms with van der Waals surface area (Å²) in [5.41, 5.74) is 0.361. The lowest BCUT2D eigenvalue weighted by atomic mass is 10.0. The van der Waals surface area contributed by atoms with Crippen LogP contribution in [0.4, 0.5) is 5.69 Å². The first-order chi connectivity index (χ1) is 12.3. The molecule has 0 aliphatic rings. The van der Waals surface area contributed by atoms with E-state index in [1.54, 1.807) is 7.05 Å². The van der Waals surface area contributed by atoms with Gasteiger partial charge in [0.05, 0.1) is 10.5 Å². The van der Waals surface area contributed by atoms with E-state index in [0.29, 0.717) is 12.8 Å². The summed E-state index contributed by atoms with van der Waals surface area (Å²) < 4.78 is 0. The highest BCUT2D eigenvalue weighted by Crippen LogP contribution is 2.20. The van der Waals surface area contributed by atoms with E-state index in [1.807, 2.05) is 37.3 Å². The van der Waals surface area contributed by atoms with Crippen LogP contribution in [0.2, 0.25) is 0 Å². The van der Waals surface area contributed by atoms with Crippen LogP contribution in [-0.2, 0) is 6.42 Å². The number of carboxylic acids is 1. The van der Waals surface area contributed by atoms with Crippen LogP contribution in [0.1, 0.15) is 39.6 Å². The molecule has 0 bridgehead atoms. The van der Waals surface area contributed by atoms with Crippen LogP contribution < -0.4 is 0 Å². The van der Waals surface area contributed by atoms with Crippen molar-refractivity contribution < 1.29 is 19.6 Å². The van der Waals surface area contributed by atoms with Crippen LogP contribution in [-0.4, -0.2) is 39.9 Å². The molecule has 0 saturated carbocycles. The maximum absolute atomic E-state index is 12.8. The molecule has 0 fully saturated rings. The van der Waals surface area contributed by atoms with Crippen molar-refractivity contribution in [1.29, 1.82) is 0 Å². The van der Waals surface area contributed by atoms with Crippen molar-refractivity contribution >= 4 is 17.6 Å². The molecule has 7 heteroatoms. The Kier molecular flexibility index (Phi) is 6.06. The summed E-state index contributed by atoms with van der Waals surface area (Å²) >= 11 is 0. The van der Waals surface area contributed by atoms with Crippen LogP contribution in [0.5, 0.6) is 0 Å². The molecule has 7 nitrogen and oxygen atoms in total. The molecule has 1 amide bonds. The number of carbonyl (C=O) groups excluding carboxylic acids is 1. The molecule has 0 saturated heterocycles. The van der Waals surface area contributed by atoms with E-state index in [9.17, 15) is 19.7 Å². The summed E-state index contributed by atoms with van der Waals surface area (Å²) in [5, 5.41) is 20.2. The number of nitro benzene ring substituents is 1. The third-order valence-electron chi connectivity index (χ3n) is 4.28. The Balaban J connectivity index is 2.30. The zero-order valence-corrected chi connectivity index (χ0v) is 14.6. The Morgan fingerprint density at radius 3 is 2.31 bits per heavy atom. The van der Waals surface area contributed by atoms with Crippen molar-refractivity contribution in [3.8, 4) is 0 Å². The third-order valence-corrected chi connectivity index (χ3v) is 4.28. The second-order valence-corrected chi connectivity index (χ2v) is 6.00. The fourth-order valence-corrected chi connectivity index (χ4v) is 2.77. The highest BCUT2D eigenvalue weighted by Gasteiger charge is 2.23. The number of nitrogens with zero attached hydrogens (tertiary/aromatic N) is 2. The number of amides is 1. The second-order valence-electron chi connectivity index (χ2n) is 6.00. The molecular weight excluding hydrogens is 336 g/mol. The normalized spacial score (nSPS) is 11.6. The van der Waals surface area contributed by atoms with E-state index in [4.69, 9.17) is 5.11 Å². The SMILES string of the molecule is CCC(Cc1ccccc1)N(C)C(=O)c1cc(C(=O)O)cc([N+](=O)[O-])c1. The first-order valence-corrected chi connectivity index (χ1v) is 8.17. The molecule has 0 aromatic heterocycles. The molecule has 0 radical (unpaired) electrons. The Morgan fingerprint density at radius 2 is 1.77 bits per heavy atom. The van der Waals surface area contributed by atoms with E-state index in [1.165, 1.54) is 11.0 Å². The first kappa shape index (κ1) is 19.1. The van der Waals surface area contributed by atoms with Crippen molar-refractivity contribution in [3.63, 3.8) is 0 Å². The molecular formula is C19H20N2O5. The Morgan fingerprint density at radius 1 is 1.15 bits per heavy atom. The number of non-ortho nitro benzene ring substituents is 1. The first-order valence-electron chi connectivity index (χ1n) is 8.17. The summed E-state index contributed by atoms with van der Waals surface area (Å²) in [4.78, 5) is 35.8. The fraction of sp³-hybridized carbons (Fsp3) is 0.263. The summed E-state index contributed by atoms with van der Waals surface area (Å²) in [6, 6.07) is 12.8. The number of hydrogen-bond donors (Lipinski definition) is 1. The van der Waals surface area contributed by atoms with Crippen molar-refractivity contribution in [3.05, 3.63) is 75.3 Å². The van der Waals surface area contributed by atoms with E-state index in [-0.39, 0.29) is 17.2 Å². The van der Waals surface area contributed by atoms with Gasteiger partial charge in [0, 0.05) is 30.8 Å². The number of benzene rings is 2. The van der Waals surface area contributed by atoms with Gasteiger partial charge in [0.25, 0.3) is 11.6 Å². The van der Waals surface area contributed by atoms with Crippen LogP contribution in [0, 0.1) is 10.1 Å². The van der Waals surface area contributed by atoms with Gasteiger partial charge in [-0.2, -0.15) is 0 Å². The maximum atomic E-state index is 12.8. The molecule has 0 aliphatic heterocycles. The quantitative estimate of drug-likeness (QED) is 0.605. The van der Waals surface area contributed by atoms with Crippen molar-refractivity contribution in [1.82, 2.24) is 4.90 Å². The van der Waals surface area contributed by atoms with Gasteiger partial charge in [0.1, 0.15) is 0 Å². The number of nitro groups is 1. The lowest BCUT2D eigenvalue weighted by Crippen LogP contribution is -2.38. The molecule has 136 valence electrons. The molecule has 2 aromatic carbocycles. The zero-order valence-electron chi connectivity index (χ0n) is 14.6. The maximum Gasteiger partial charge on any atom is 0.335 e. The molecule has 2 aromatic rings. The van der Waals surface area contributed by atoms with Gasteiger partial charge in [-0.3, -0.25) is 14.9 Å². The van der Waals surface area contributed by atoms with Crippen LogP contribution in [0.25, 0.3) is 0 Å². The van der Waals surface area contributed by atoms with E-state index in [0.717, 1.165) is 17.7 Å². The minimum absolute atomic E-state index is 0.00869. The summed E-state index contributed by atoms with van der Waals surface area (Å²) in [6.45, 7) is 1.95. The molecule has 0 heterocycles. The monoisotopic (exact) mass is 356 g/mol. The van der Waals surface area contributed by atoms with Gasteiger partial charge in [0.15, 0.2) is 0 Å². The average Bonchev–Trinajstić information content (AvgIpc) is 2.65. The number of carboxylic acid groups (broad SMARTS) is 1. The van der Waals surface area contributed by atoms with Gasteiger partial charge in [0.2, 0.25) is 0 Å². The lowest BCUT2D eigenvalue weighted by molar-refractivity contribution is -0.384. The highest BCUT2D eigenvalue weighted by molar-refractivity contribution is 5.98. The summed E-state index contributed by atoms with van der Waals surface area (Å²) in [6.07, 6.45) is 1.33. The number of likely N-dealkylation sites (N-methyl/N-ethyl adjacent to an activating group) is 1. The van der Waals surface area contributed by atoms with Gasteiger partial charge >= 0.3 is 5.97 Å². The van der Waals surface area contributed by atoms with Gasteiger partial charge in [-0.05, 0) is 24.5 Å². The number of aromatic carboxylic acids is 1. The molecule has 1 atom stereocenters. The summed E-state index contributed by atoms with van der Waals surface area (Å²) in [5.74, 6) is -1.76. The predicted molar refractivity (Wildman–Crippen MR) is 96.4 cm³/mol. The van der Waals surface area contributed by atoms with Crippen LogP contribution >= 0.6 is 0 Å². The van der Waals surface area contributed by atoms with Gasteiger partial charge in [-0.15, -0.1) is 0 Å². The Hall–Kier alpha value is -3.22. The largest absolute Gasteiger partial charge is 0.478 e. The van der Waals surface area contributed by atoms with Crippen molar-refractivity contribution in [2.24, 2.45) is 0 Å². The van der Waals surface area contributed by atoms with Gasteiger partial charge < -0.3 is 10.0 Å². The average molecular weight is 356 g/mol. The van der Waals surface area contributed by atoms with E-state index in [2.05, 4.69) is 0 Å². The van der Waals surface area contributed by atoms with Crippen molar-refractivity contribution in [2.75, 3.05) is 7.05 Å². The molecule has 1 N–H and O–H groups in total. The molecule has 0 spiro atoms. The second kappa shape index (κ2) is 8.24. The van der Waals surface area contributed by atoms with Crippen molar-refractivity contribution in [2.45, 2.75) is 25.8 Å². The minimum Gasteiger partial charge on any atom is -0.478 e. The summed E-state index contributed by atoms with van der Waals surface area (Å²) in [7, 11) is 1.62. The Bertz CT molecular complexity index is 788. The standard InChI is InChI=1S/C19H20N2O5/c1-3-16(9-13-7-5-4-6-8-13)20(2)18(22)14-10-15(19(23)24)12-17(11-14)21(25)26/h4-8,10-12,16H,3,9H2,1-2H3,(H,23,24). The Labute approximate surface area is 151 Å². The third kappa shape index (κ3) is 4.44. The fourth-order valence-electron chi connectivity index (χ4n) is 2.77. The van der Waals surface area contributed by atoms with Gasteiger partial charge in [-0.25, -0.2) is 4.79 Å². The van der Waals surface area contributed by atoms with E-state index >= 15 is 0 Å². The topological polar surface area (TPSA) is 101 Å². The number of carbonyl (C=O) groups is 2. The number of rotatable bonds is 7. The molecule has 0 aliphatic carbocycles.